The highest BCUT2D eigenvalue weighted by molar-refractivity contribution is 5.93. The molecule has 0 aromatic heterocycles. The van der Waals surface area contributed by atoms with E-state index >= 15 is 0 Å². The Morgan fingerprint density at radius 1 is 1.00 bits per heavy atom. The van der Waals surface area contributed by atoms with Gasteiger partial charge >= 0.3 is 0 Å². The maximum Gasteiger partial charge on any atom is 0.0421 e. The van der Waals surface area contributed by atoms with Gasteiger partial charge in [0, 0.05) is 17.1 Å². The Hall–Kier alpha value is -1.54. The molecule has 0 heterocycles. The van der Waals surface area contributed by atoms with E-state index in [1.54, 1.807) is 0 Å². The summed E-state index contributed by atoms with van der Waals surface area (Å²) >= 11 is 0. The summed E-state index contributed by atoms with van der Waals surface area (Å²) in [5.41, 5.74) is 1.25. The molecule has 114 valence electrons. The van der Waals surface area contributed by atoms with E-state index in [1.165, 1.54) is 35.8 Å². The lowest BCUT2D eigenvalue weighted by atomic mass is 10.1. The third kappa shape index (κ3) is 4.47. The van der Waals surface area contributed by atoms with Crippen molar-refractivity contribution >= 4 is 16.5 Å². The smallest absolute Gasteiger partial charge is 0.0421 e. The summed E-state index contributed by atoms with van der Waals surface area (Å²) in [5.74, 6) is 0. The zero-order chi connectivity index (χ0) is 15.1. The fourth-order valence-corrected chi connectivity index (χ4v) is 2.85. The SMILES string of the molecule is CCN(CC)CCC[C@@H](C)Nc1cccc2ccccc12. The van der Waals surface area contributed by atoms with E-state index in [1.807, 2.05) is 0 Å². The van der Waals surface area contributed by atoms with Crippen LogP contribution in [0.1, 0.15) is 33.6 Å². The second-order valence-electron chi connectivity index (χ2n) is 5.74. The van der Waals surface area contributed by atoms with Gasteiger partial charge in [-0.25, -0.2) is 0 Å². The predicted octanol–water partition coefficient (Wildman–Crippen LogP) is 4.76. The van der Waals surface area contributed by atoms with Crippen LogP contribution in [0.4, 0.5) is 5.69 Å². The van der Waals surface area contributed by atoms with E-state index < -0.39 is 0 Å². The first-order valence-corrected chi connectivity index (χ1v) is 8.21. The summed E-state index contributed by atoms with van der Waals surface area (Å²) in [4.78, 5) is 2.49. The van der Waals surface area contributed by atoms with Crippen LogP contribution in [-0.4, -0.2) is 30.6 Å². The number of fused-ring (bicyclic) bond motifs is 1. The molecule has 2 heteroatoms. The number of benzene rings is 2. The molecule has 0 aliphatic carbocycles. The van der Waals surface area contributed by atoms with Gasteiger partial charge in [-0.15, -0.1) is 0 Å². The molecule has 0 fully saturated rings. The zero-order valence-corrected chi connectivity index (χ0v) is 13.6. The molecule has 0 bridgehead atoms. The van der Waals surface area contributed by atoms with E-state index in [0.29, 0.717) is 6.04 Å². The van der Waals surface area contributed by atoms with Crippen LogP contribution in [0, 0.1) is 0 Å². The van der Waals surface area contributed by atoms with E-state index in [-0.39, 0.29) is 0 Å². The van der Waals surface area contributed by atoms with E-state index in [4.69, 9.17) is 0 Å². The van der Waals surface area contributed by atoms with Gasteiger partial charge in [0.1, 0.15) is 0 Å². The van der Waals surface area contributed by atoms with Crippen molar-refractivity contribution in [1.29, 1.82) is 0 Å². The number of anilines is 1. The molecule has 2 rings (SSSR count). The normalized spacial score (nSPS) is 12.8. The number of nitrogens with zero attached hydrogens (tertiary/aromatic N) is 1. The average molecular weight is 284 g/mol. The molecular weight excluding hydrogens is 256 g/mol. The second-order valence-corrected chi connectivity index (χ2v) is 5.74. The molecule has 2 nitrogen and oxygen atoms in total. The maximum absolute atomic E-state index is 3.68. The summed E-state index contributed by atoms with van der Waals surface area (Å²) < 4.78 is 0. The first kappa shape index (κ1) is 15.8. The lowest BCUT2D eigenvalue weighted by Crippen LogP contribution is -2.25. The minimum absolute atomic E-state index is 0.506. The van der Waals surface area contributed by atoms with Crippen molar-refractivity contribution in [3.63, 3.8) is 0 Å². The summed E-state index contributed by atoms with van der Waals surface area (Å²) in [7, 11) is 0. The zero-order valence-electron chi connectivity index (χ0n) is 13.6. The molecule has 2 aromatic carbocycles. The highest BCUT2D eigenvalue weighted by Gasteiger charge is 2.06. The molecule has 21 heavy (non-hydrogen) atoms. The summed E-state index contributed by atoms with van der Waals surface area (Å²) in [6, 6.07) is 15.6. The molecule has 0 radical (unpaired) electrons. The average Bonchev–Trinajstić information content (AvgIpc) is 2.52. The van der Waals surface area contributed by atoms with E-state index in [9.17, 15) is 0 Å². The highest BCUT2D eigenvalue weighted by Crippen LogP contribution is 2.24. The highest BCUT2D eigenvalue weighted by atomic mass is 15.1. The molecule has 0 aliphatic rings. The third-order valence-electron chi connectivity index (χ3n) is 4.20. The molecular formula is C19H28N2. The Kier molecular flexibility index (Phi) is 6.06. The number of rotatable bonds is 8. The van der Waals surface area contributed by atoms with Crippen LogP contribution in [0.15, 0.2) is 42.5 Å². The van der Waals surface area contributed by atoms with Crippen molar-refractivity contribution in [1.82, 2.24) is 4.90 Å². The van der Waals surface area contributed by atoms with Gasteiger partial charge in [0.15, 0.2) is 0 Å². The van der Waals surface area contributed by atoms with Gasteiger partial charge in [-0.3, -0.25) is 0 Å². The lowest BCUT2D eigenvalue weighted by Gasteiger charge is -2.21. The third-order valence-corrected chi connectivity index (χ3v) is 4.20. The van der Waals surface area contributed by atoms with Crippen LogP contribution in [-0.2, 0) is 0 Å². The number of hydrogen-bond donors (Lipinski definition) is 1. The molecule has 0 amide bonds. The first-order valence-electron chi connectivity index (χ1n) is 8.21. The van der Waals surface area contributed by atoms with Crippen molar-refractivity contribution in [3.8, 4) is 0 Å². The van der Waals surface area contributed by atoms with Gasteiger partial charge < -0.3 is 10.2 Å². The Morgan fingerprint density at radius 3 is 2.48 bits per heavy atom. The van der Waals surface area contributed by atoms with Gasteiger partial charge in [-0.1, -0.05) is 50.2 Å². The van der Waals surface area contributed by atoms with Crippen LogP contribution in [0.5, 0.6) is 0 Å². The molecule has 0 unspecified atom stereocenters. The molecule has 0 spiro atoms. The van der Waals surface area contributed by atoms with E-state index in [2.05, 4.69) is 73.5 Å². The Morgan fingerprint density at radius 2 is 1.71 bits per heavy atom. The number of hydrogen-bond acceptors (Lipinski definition) is 2. The van der Waals surface area contributed by atoms with Crippen LogP contribution in [0.3, 0.4) is 0 Å². The Bertz CT molecular complexity index is 541. The Balaban J connectivity index is 1.91. The van der Waals surface area contributed by atoms with Gasteiger partial charge in [-0.05, 0) is 50.9 Å². The predicted molar refractivity (Wildman–Crippen MR) is 94.1 cm³/mol. The van der Waals surface area contributed by atoms with Crippen molar-refractivity contribution < 1.29 is 0 Å². The van der Waals surface area contributed by atoms with Crippen LogP contribution < -0.4 is 5.32 Å². The molecule has 1 N–H and O–H groups in total. The van der Waals surface area contributed by atoms with Crippen LogP contribution >= 0.6 is 0 Å². The van der Waals surface area contributed by atoms with Crippen LogP contribution in [0.2, 0.25) is 0 Å². The minimum Gasteiger partial charge on any atom is -0.382 e. The minimum atomic E-state index is 0.506. The molecule has 1 atom stereocenters. The van der Waals surface area contributed by atoms with Crippen molar-refractivity contribution in [2.24, 2.45) is 0 Å². The summed E-state index contributed by atoms with van der Waals surface area (Å²) in [6.07, 6.45) is 2.46. The Labute approximate surface area is 129 Å². The largest absolute Gasteiger partial charge is 0.382 e. The fourth-order valence-electron chi connectivity index (χ4n) is 2.85. The van der Waals surface area contributed by atoms with Crippen molar-refractivity contribution in [2.45, 2.75) is 39.7 Å². The van der Waals surface area contributed by atoms with Crippen molar-refractivity contribution in [2.75, 3.05) is 25.0 Å². The van der Waals surface area contributed by atoms with Crippen molar-refractivity contribution in [3.05, 3.63) is 42.5 Å². The molecule has 0 aliphatic heterocycles. The fraction of sp³-hybridized carbons (Fsp3) is 0.474. The molecule has 0 saturated carbocycles. The van der Waals surface area contributed by atoms with Gasteiger partial charge in [0.05, 0.1) is 0 Å². The van der Waals surface area contributed by atoms with E-state index in [0.717, 1.165) is 13.1 Å². The standard InChI is InChI=1S/C19H28N2/c1-4-21(5-2)15-9-10-16(3)20-19-14-8-12-17-11-6-7-13-18(17)19/h6-8,11-14,16,20H,4-5,9-10,15H2,1-3H3/t16-/m1/s1. The topological polar surface area (TPSA) is 15.3 Å². The maximum atomic E-state index is 3.68. The van der Waals surface area contributed by atoms with Gasteiger partial charge in [0.25, 0.3) is 0 Å². The quantitative estimate of drug-likeness (QED) is 0.751. The first-order chi connectivity index (χ1) is 10.2. The summed E-state index contributed by atoms with van der Waals surface area (Å²) in [6.45, 7) is 10.3. The van der Waals surface area contributed by atoms with Crippen LogP contribution in [0.25, 0.3) is 10.8 Å². The molecule has 2 aromatic rings. The second kappa shape index (κ2) is 8.04. The summed E-state index contributed by atoms with van der Waals surface area (Å²) in [5, 5.41) is 6.30. The monoisotopic (exact) mass is 284 g/mol. The van der Waals surface area contributed by atoms with Gasteiger partial charge in [-0.2, -0.15) is 0 Å². The molecule has 0 saturated heterocycles. The lowest BCUT2D eigenvalue weighted by molar-refractivity contribution is 0.295. The number of nitrogens with one attached hydrogen (secondary N) is 1. The van der Waals surface area contributed by atoms with Gasteiger partial charge in [0.2, 0.25) is 0 Å².